The molecule has 0 radical (unpaired) electrons. The molecule has 0 aliphatic carbocycles. The predicted octanol–water partition coefficient (Wildman–Crippen LogP) is 2.51. The molecule has 2 nitrogen and oxygen atoms in total. The summed E-state index contributed by atoms with van der Waals surface area (Å²) in [7, 11) is 0. The molecule has 1 heterocycles. The highest BCUT2D eigenvalue weighted by Gasteiger charge is 2.32. The molecule has 5 heteroatoms. The Kier molecular flexibility index (Phi) is 3.93. The Hall–Kier alpha value is -0.380. The third-order valence-corrected chi connectivity index (χ3v) is 3.26. The van der Waals surface area contributed by atoms with Gasteiger partial charge in [-0.25, -0.2) is 8.78 Å². The SMILES string of the molecule is CC1CN(C(=O)CC(C)(F)F)CCC1Cl. The fourth-order valence-corrected chi connectivity index (χ4v) is 1.90. The van der Waals surface area contributed by atoms with Crippen molar-refractivity contribution < 1.29 is 13.6 Å². The molecule has 2 atom stereocenters. The maximum Gasteiger partial charge on any atom is 0.254 e. The minimum Gasteiger partial charge on any atom is -0.342 e. The third-order valence-electron chi connectivity index (χ3n) is 2.61. The van der Waals surface area contributed by atoms with Crippen LogP contribution in [0, 0.1) is 5.92 Å². The number of hydrogen-bond acceptors (Lipinski definition) is 1. The summed E-state index contributed by atoms with van der Waals surface area (Å²) in [6, 6.07) is 0. The van der Waals surface area contributed by atoms with E-state index in [4.69, 9.17) is 11.6 Å². The zero-order chi connectivity index (χ0) is 11.6. The average molecular weight is 240 g/mol. The highest BCUT2D eigenvalue weighted by Crippen LogP contribution is 2.24. The number of piperidine rings is 1. The number of nitrogens with zero attached hydrogens (tertiary/aromatic N) is 1. The zero-order valence-electron chi connectivity index (χ0n) is 8.97. The number of carbonyl (C=O) groups is 1. The molecule has 0 aromatic rings. The van der Waals surface area contributed by atoms with Gasteiger partial charge in [-0.05, 0) is 19.3 Å². The molecule has 0 aromatic heterocycles. The van der Waals surface area contributed by atoms with Gasteiger partial charge in [0.05, 0.1) is 6.42 Å². The van der Waals surface area contributed by atoms with Crippen LogP contribution in [0.3, 0.4) is 0 Å². The van der Waals surface area contributed by atoms with Gasteiger partial charge in [-0.3, -0.25) is 4.79 Å². The fraction of sp³-hybridized carbons (Fsp3) is 0.900. The Balaban J connectivity index is 2.48. The first-order valence-electron chi connectivity index (χ1n) is 5.09. The van der Waals surface area contributed by atoms with E-state index < -0.39 is 18.3 Å². The van der Waals surface area contributed by atoms with Gasteiger partial charge in [0.15, 0.2) is 0 Å². The number of likely N-dealkylation sites (tertiary alicyclic amines) is 1. The van der Waals surface area contributed by atoms with E-state index in [0.29, 0.717) is 19.5 Å². The van der Waals surface area contributed by atoms with E-state index in [1.54, 1.807) is 0 Å². The van der Waals surface area contributed by atoms with Crippen LogP contribution in [0.1, 0.15) is 26.7 Å². The van der Waals surface area contributed by atoms with Gasteiger partial charge in [0, 0.05) is 18.5 Å². The van der Waals surface area contributed by atoms with Gasteiger partial charge < -0.3 is 4.90 Å². The van der Waals surface area contributed by atoms with Crippen molar-refractivity contribution in [3.63, 3.8) is 0 Å². The van der Waals surface area contributed by atoms with Gasteiger partial charge in [-0.1, -0.05) is 6.92 Å². The fourth-order valence-electron chi connectivity index (χ4n) is 1.72. The van der Waals surface area contributed by atoms with Crippen molar-refractivity contribution in [1.29, 1.82) is 0 Å². The summed E-state index contributed by atoms with van der Waals surface area (Å²) in [6.45, 7) is 3.68. The lowest BCUT2D eigenvalue weighted by molar-refractivity contribution is -0.139. The second-order valence-electron chi connectivity index (χ2n) is 4.37. The van der Waals surface area contributed by atoms with E-state index in [1.807, 2.05) is 6.92 Å². The van der Waals surface area contributed by atoms with Gasteiger partial charge in [0.2, 0.25) is 5.91 Å². The number of halogens is 3. The molecule has 1 rings (SSSR count). The predicted molar refractivity (Wildman–Crippen MR) is 55.2 cm³/mol. The van der Waals surface area contributed by atoms with Crippen molar-refractivity contribution in [3.05, 3.63) is 0 Å². The van der Waals surface area contributed by atoms with Crippen LogP contribution < -0.4 is 0 Å². The maximum atomic E-state index is 12.6. The molecule has 2 unspecified atom stereocenters. The van der Waals surface area contributed by atoms with Crippen LogP contribution in [0.4, 0.5) is 8.78 Å². The lowest BCUT2D eigenvalue weighted by atomic mass is 9.99. The summed E-state index contributed by atoms with van der Waals surface area (Å²) < 4.78 is 25.3. The number of amides is 1. The topological polar surface area (TPSA) is 20.3 Å². The monoisotopic (exact) mass is 239 g/mol. The molecule has 0 spiro atoms. The van der Waals surface area contributed by atoms with Crippen molar-refractivity contribution in [2.45, 2.75) is 38.0 Å². The number of carbonyl (C=O) groups excluding carboxylic acids is 1. The Morgan fingerprint density at radius 1 is 1.60 bits per heavy atom. The first-order valence-corrected chi connectivity index (χ1v) is 5.53. The molecule has 0 N–H and O–H groups in total. The maximum absolute atomic E-state index is 12.6. The Labute approximate surface area is 93.6 Å². The molecule has 1 saturated heterocycles. The zero-order valence-corrected chi connectivity index (χ0v) is 9.73. The van der Waals surface area contributed by atoms with Crippen LogP contribution in [-0.4, -0.2) is 35.2 Å². The molecule has 1 fully saturated rings. The van der Waals surface area contributed by atoms with Crippen molar-refractivity contribution in [1.82, 2.24) is 4.90 Å². The van der Waals surface area contributed by atoms with Crippen LogP contribution in [0.5, 0.6) is 0 Å². The average Bonchev–Trinajstić information content (AvgIpc) is 2.06. The van der Waals surface area contributed by atoms with Gasteiger partial charge in [-0.15, -0.1) is 11.6 Å². The summed E-state index contributed by atoms with van der Waals surface area (Å²) in [6.07, 6.45) is -0.0174. The Morgan fingerprint density at radius 3 is 2.67 bits per heavy atom. The van der Waals surface area contributed by atoms with Crippen molar-refractivity contribution >= 4 is 17.5 Å². The second kappa shape index (κ2) is 4.64. The summed E-state index contributed by atoms with van der Waals surface area (Å²) >= 11 is 5.98. The molecule has 0 saturated carbocycles. The van der Waals surface area contributed by atoms with E-state index in [1.165, 1.54) is 4.90 Å². The minimum atomic E-state index is -2.92. The lowest BCUT2D eigenvalue weighted by Crippen LogP contribution is -2.44. The molecule has 15 heavy (non-hydrogen) atoms. The summed E-state index contributed by atoms with van der Waals surface area (Å²) in [4.78, 5) is 13.0. The molecule has 0 aromatic carbocycles. The summed E-state index contributed by atoms with van der Waals surface area (Å²) in [5.41, 5.74) is 0. The highest BCUT2D eigenvalue weighted by atomic mass is 35.5. The minimum absolute atomic E-state index is 0.0520. The van der Waals surface area contributed by atoms with E-state index in [2.05, 4.69) is 0 Å². The van der Waals surface area contributed by atoms with Gasteiger partial charge in [0.1, 0.15) is 0 Å². The van der Waals surface area contributed by atoms with Gasteiger partial charge in [-0.2, -0.15) is 0 Å². The lowest BCUT2D eigenvalue weighted by Gasteiger charge is -2.34. The Morgan fingerprint density at radius 2 is 2.20 bits per heavy atom. The standard InChI is InChI=1S/C10H16ClF2NO/c1-7-6-14(4-3-8(7)11)9(15)5-10(2,12)13/h7-8H,3-6H2,1-2H3. The van der Waals surface area contributed by atoms with Crippen LogP contribution >= 0.6 is 11.6 Å². The Bertz CT molecular complexity index is 242. The third kappa shape index (κ3) is 3.93. The van der Waals surface area contributed by atoms with E-state index in [0.717, 1.165) is 6.92 Å². The quantitative estimate of drug-likeness (QED) is 0.678. The highest BCUT2D eigenvalue weighted by molar-refractivity contribution is 6.20. The number of rotatable bonds is 2. The molecular formula is C10H16ClF2NO. The van der Waals surface area contributed by atoms with Crippen molar-refractivity contribution in [2.24, 2.45) is 5.92 Å². The molecule has 88 valence electrons. The van der Waals surface area contributed by atoms with Gasteiger partial charge in [0.25, 0.3) is 5.92 Å². The normalized spacial score (nSPS) is 27.9. The molecule has 1 aliphatic heterocycles. The molecule has 0 bridgehead atoms. The number of alkyl halides is 3. The number of hydrogen-bond donors (Lipinski definition) is 0. The molecule has 1 aliphatic rings. The summed E-state index contributed by atoms with van der Waals surface area (Å²) in [5.74, 6) is -3.22. The summed E-state index contributed by atoms with van der Waals surface area (Å²) in [5, 5.41) is 0.0520. The second-order valence-corrected chi connectivity index (χ2v) is 4.93. The van der Waals surface area contributed by atoms with Crippen LogP contribution in [0.2, 0.25) is 0 Å². The van der Waals surface area contributed by atoms with Crippen LogP contribution in [0.15, 0.2) is 0 Å². The van der Waals surface area contributed by atoms with Crippen molar-refractivity contribution in [3.8, 4) is 0 Å². The van der Waals surface area contributed by atoms with E-state index in [-0.39, 0.29) is 11.3 Å². The first kappa shape index (κ1) is 12.7. The first-order chi connectivity index (χ1) is 6.79. The smallest absolute Gasteiger partial charge is 0.254 e. The van der Waals surface area contributed by atoms with Gasteiger partial charge >= 0.3 is 0 Å². The van der Waals surface area contributed by atoms with E-state index in [9.17, 15) is 13.6 Å². The van der Waals surface area contributed by atoms with Crippen molar-refractivity contribution in [2.75, 3.05) is 13.1 Å². The van der Waals surface area contributed by atoms with Crippen LogP contribution in [-0.2, 0) is 4.79 Å². The van der Waals surface area contributed by atoms with Crippen LogP contribution in [0.25, 0.3) is 0 Å². The van der Waals surface area contributed by atoms with E-state index >= 15 is 0 Å². The molecule has 1 amide bonds. The largest absolute Gasteiger partial charge is 0.342 e. The molecular weight excluding hydrogens is 224 g/mol.